The highest BCUT2D eigenvalue weighted by atomic mass is 31.2. The van der Waals surface area contributed by atoms with Crippen molar-refractivity contribution < 1.29 is 52.2 Å². The second kappa shape index (κ2) is 51.3. The summed E-state index contributed by atoms with van der Waals surface area (Å²) in [6, 6.07) is 0. The fraction of sp³-hybridized carbons (Fsp3) is 0.875. The highest BCUT2D eigenvalue weighted by Crippen LogP contribution is 2.43. The Morgan fingerprint density at radius 2 is 0.676 bits per heavy atom. The molecule has 12 heteroatoms. The Kier molecular flexibility index (Phi) is 49.8. The normalized spacial score (nSPS) is 13.5. The van der Waals surface area contributed by atoms with Crippen LogP contribution in [0.3, 0.4) is 0 Å². The molecule has 0 spiro atoms. The molecule has 0 aromatic rings. The summed E-state index contributed by atoms with van der Waals surface area (Å²) in [5, 5.41) is 9.78. The van der Waals surface area contributed by atoms with Crippen molar-refractivity contribution in [3.63, 3.8) is 0 Å². The molecule has 0 radical (unpaired) electrons. The largest absolute Gasteiger partial charge is 0.472 e. The van der Waals surface area contributed by atoms with Crippen LogP contribution >= 0.6 is 7.82 Å². The molecule has 0 fully saturated rings. The van der Waals surface area contributed by atoms with Crippen molar-refractivity contribution in [1.82, 2.24) is 0 Å². The number of esters is 3. The van der Waals surface area contributed by atoms with E-state index in [2.05, 4.69) is 45.1 Å². The van der Waals surface area contributed by atoms with Gasteiger partial charge in [0.1, 0.15) is 12.7 Å². The van der Waals surface area contributed by atoms with E-state index >= 15 is 0 Å². The molecular formula is C56H105O11P. The second-order valence-electron chi connectivity index (χ2n) is 19.1. The molecule has 3 unspecified atom stereocenters. The number of carbonyl (C=O) groups is 3. The predicted molar refractivity (Wildman–Crippen MR) is 280 cm³/mol. The minimum Gasteiger partial charge on any atom is -0.462 e. The molecular weight excluding hydrogens is 880 g/mol. The monoisotopic (exact) mass is 985 g/mol. The van der Waals surface area contributed by atoms with Crippen LogP contribution in [0.25, 0.3) is 0 Å². The SMILES string of the molecule is CCCCCC/C=C\CCCCCCCC(=O)OC(COC(=O)CCCCCCCCC/C=C\CCCCCCCC)COP(=O)(O)OCC(CO)OC(=O)CCCCCCCCCCCCC. The first-order valence-corrected chi connectivity index (χ1v) is 29.7. The minimum atomic E-state index is -4.74. The number of allylic oxidation sites excluding steroid dienone is 4. The van der Waals surface area contributed by atoms with E-state index in [-0.39, 0.29) is 25.9 Å². The first kappa shape index (κ1) is 66.0. The van der Waals surface area contributed by atoms with Crippen LogP contribution in [0, 0.1) is 0 Å². The molecule has 0 saturated heterocycles. The van der Waals surface area contributed by atoms with E-state index in [0.717, 1.165) is 83.5 Å². The van der Waals surface area contributed by atoms with Crippen LogP contribution in [-0.2, 0) is 42.2 Å². The van der Waals surface area contributed by atoms with E-state index in [1.54, 1.807) is 0 Å². The number of phosphoric ester groups is 1. The Hall–Kier alpha value is -2.04. The molecule has 0 aromatic heterocycles. The van der Waals surface area contributed by atoms with Crippen LogP contribution in [0.2, 0.25) is 0 Å². The highest BCUT2D eigenvalue weighted by Gasteiger charge is 2.28. The quantitative estimate of drug-likeness (QED) is 0.0197. The maximum atomic E-state index is 12.9. The number of aliphatic hydroxyl groups is 1. The topological polar surface area (TPSA) is 155 Å². The smallest absolute Gasteiger partial charge is 0.462 e. The molecule has 0 aromatic carbocycles. The van der Waals surface area contributed by atoms with Gasteiger partial charge in [-0.3, -0.25) is 23.4 Å². The Bertz CT molecular complexity index is 1240. The van der Waals surface area contributed by atoms with E-state index in [0.29, 0.717) is 19.3 Å². The van der Waals surface area contributed by atoms with Gasteiger partial charge in [-0.05, 0) is 70.6 Å². The summed E-state index contributed by atoms with van der Waals surface area (Å²) in [6.45, 7) is 4.63. The van der Waals surface area contributed by atoms with Gasteiger partial charge in [-0.15, -0.1) is 0 Å². The molecule has 0 saturated carbocycles. The van der Waals surface area contributed by atoms with Crippen LogP contribution in [-0.4, -0.2) is 66.5 Å². The third-order valence-electron chi connectivity index (χ3n) is 12.3. The van der Waals surface area contributed by atoms with Gasteiger partial charge in [-0.1, -0.05) is 212 Å². The number of hydrogen-bond donors (Lipinski definition) is 2. The van der Waals surface area contributed by atoms with Gasteiger partial charge in [0.15, 0.2) is 6.10 Å². The summed E-state index contributed by atoms with van der Waals surface area (Å²) in [5.74, 6) is -1.46. The molecule has 0 aliphatic heterocycles. The Morgan fingerprint density at radius 3 is 1.03 bits per heavy atom. The van der Waals surface area contributed by atoms with Crippen LogP contribution in [0.1, 0.15) is 278 Å². The summed E-state index contributed by atoms with van der Waals surface area (Å²) >= 11 is 0. The standard InChI is InChI=1S/C56H105O11P/c1-4-7-10-13-16-19-22-24-25-26-27-29-31-33-36-39-42-45-54(58)63-49-53(67-56(60)47-44-41-38-35-32-28-23-20-17-14-11-8-5-2)51-65-68(61,62)64-50-52(48-57)66-55(59)46-43-40-37-34-30-21-18-15-12-9-6-3/h20,23-25,52-53,57H,4-19,21-22,26-51H2,1-3H3,(H,61,62)/b23-20-,25-24-. The molecule has 0 amide bonds. The fourth-order valence-corrected chi connectivity index (χ4v) is 8.78. The zero-order valence-electron chi connectivity index (χ0n) is 44.1. The van der Waals surface area contributed by atoms with Crippen LogP contribution < -0.4 is 0 Å². The van der Waals surface area contributed by atoms with Gasteiger partial charge in [0, 0.05) is 19.3 Å². The third-order valence-corrected chi connectivity index (χ3v) is 13.3. The zero-order valence-corrected chi connectivity index (χ0v) is 45.0. The summed E-state index contributed by atoms with van der Waals surface area (Å²) < 4.78 is 39.4. The van der Waals surface area contributed by atoms with Crippen molar-refractivity contribution in [3.05, 3.63) is 24.3 Å². The average molecular weight is 985 g/mol. The van der Waals surface area contributed by atoms with Gasteiger partial charge >= 0.3 is 25.7 Å². The number of carbonyl (C=O) groups excluding carboxylic acids is 3. The second-order valence-corrected chi connectivity index (χ2v) is 20.6. The first-order chi connectivity index (χ1) is 33.2. The summed E-state index contributed by atoms with van der Waals surface area (Å²) in [4.78, 5) is 48.4. The molecule has 3 atom stereocenters. The Labute approximate surface area is 417 Å². The Morgan fingerprint density at radius 1 is 0.397 bits per heavy atom. The maximum absolute atomic E-state index is 12.9. The molecule has 68 heavy (non-hydrogen) atoms. The summed E-state index contributed by atoms with van der Waals surface area (Å²) in [6.07, 6.45) is 49.9. The van der Waals surface area contributed by atoms with Crippen molar-refractivity contribution in [1.29, 1.82) is 0 Å². The number of phosphoric acid groups is 1. The average Bonchev–Trinajstić information content (AvgIpc) is 3.32. The molecule has 0 bridgehead atoms. The van der Waals surface area contributed by atoms with Crippen molar-refractivity contribution in [3.8, 4) is 0 Å². The zero-order chi connectivity index (χ0) is 49.9. The molecule has 0 rings (SSSR count). The van der Waals surface area contributed by atoms with Gasteiger partial charge in [0.2, 0.25) is 0 Å². The Balaban J connectivity index is 4.70. The minimum absolute atomic E-state index is 0.161. The maximum Gasteiger partial charge on any atom is 0.472 e. The van der Waals surface area contributed by atoms with Crippen LogP contribution in [0.5, 0.6) is 0 Å². The predicted octanol–water partition coefficient (Wildman–Crippen LogP) is 16.3. The number of ether oxygens (including phenoxy) is 3. The lowest BCUT2D eigenvalue weighted by Gasteiger charge is -2.21. The summed E-state index contributed by atoms with van der Waals surface area (Å²) in [7, 11) is -4.74. The van der Waals surface area contributed by atoms with Crippen molar-refractivity contribution in [2.24, 2.45) is 0 Å². The fourth-order valence-electron chi connectivity index (χ4n) is 7.99. The van der Waals surface area contributed by atoms with Gasteiger partial charge < -0.3 is 24.2 Å². The van der Waals surface area contributed by atoms with Crippen LogP contribution in [0.15, 0.2) is 24.3 Å². The molecule has 11 nitrogen and oxygen atoms in total. The molecule has 400 valence electrons. The number of unbranched alkanes of at least 4 members (excludes halogenated alkanes) is 32. The molecule has 0 aliphatic carbocycles. The van der Waals surface area contributed by atoms with Gasteiger partial charge in [-0.2, -0.15) is 0 Å². The molecule has 2 N–H and O–H groups in total. The van der Waals surface area contributed by atoms with E-state index < -0.39 is 57.8 Å². The number of aliphatic hydroxyl groups excluding tert-OH is 1. The van der Waals surface area contributed by atoms with Gasteiger partial charge in [-0.25, -0.2) is 4.57 Å². The lowest BCUT2D eigenvalue weighted by atomic mass is 10.1. The first-order valence-electron chi connectivity index (χ1n) is 28.2. The van der Waals surface area contributed by atoms with E-state index in [1.165, 1.54) is 135 Å². The lowest BCUT2D eigenvalue weighted by Crippen LogP contribution is -2.30. The van der Waals surface area contributed by atoms with E-state index in [4.69, 9.17) is 23.3 Å². The lowest BCUT2D eigenvalue weighted by molar-refractivity contribution is -0.161. The van der Waals surface area contributed by atoms with Gasteiger partial charge in [0.05, 0.1) is 19.8 Å². The van der Waals surface area contributed by atoms with Crippen molar-refractivity contribution in [2.75, 3.05) is 26.4 Å². The van der Waals surface area contributed by atoms with Crippen LogP contribution in [0.4, 0.5) is 0 Å². The summed E-state index contributed by atoms with van der Waals surface area (Å²) in [5.41, 5.74) is 0. The van der Waals surface area contributed by atoms with Crippen molar-refractivity contribution >= 4 is 25.7 Å². The number of hydrogen-bond acceptors (Lipinski definition) is 10. The van der Waals surface area contributed by atoms with Gasteiger partial charge in [0.25, 0.3) is 0 Å². The van der Waals surface area contributed by atoms with Crippen molar-refractivity contribution in [2.45, 2.75) is 290 Å². The third kappa shape index (κ3) is 49.0. The van der Waals surface area contributed by atoms with E-state index in [1.807, 2.05) is 0 Å². The number of rotatable bonds is 53. The van der Waals surface area contributed by atoms with E-state index in [9.17, 15) is 28.9 Å². The highest BCUT2D eigenvalue weighted by molar-refractivity contribution is 7.47. The molecule has 0 heterocycles. The molecule has 0 aliphatic rings.